The molecule has 1 aliphatic heterocycles. The molecular formula is C18H19N9S. The molecule has 0 saturated carbocycles. The highest BCUT2D eigenvalue weighted by Gasteiger charge is 2.19. The Bertz CT molecular complexity index is 1010. The molecule has 0 radical (unpaired) electrons. The first-order chi connectivity index (χ1) is 13.8. The van der Waals surface area contributed by atoms with Crippen LogP contribution in [0.4, 0.5) is 21.8 Å². The van der Waals surface area contributed by atoms with Crippen molar-refractivity contribution in [1.29, 1.82) is 5.26 Å². The summed E-state index contributed by atoms with van der Waals surface area (Å²) in [5.74, 6) is 1.60. The first kappa shape index (κ1) is 18.1. The molecule has 9 nitrogen and oxygen atoms in total. The topological polar surface area (TPSA) is 107 Å². The van der Waals surface area contributed by atoms with Crippen molar-refractivity contribution < 1.29 is 0 Å². The van der Waals surface area contributed by atoms with Gasteiger partial charge in [-0.2, -0.15) is 15.0 Å². The van der Waals surface area contributed by atoms with Gasteiger partial charge in [0.1, 0.15) is 11.6 Å². The van der Waals surface area contributed by atoms with Crippen LogP contribution in [0.2, 0.25) is 0 Å². The third-order valence-corrected chi connectivity index (χ3v) is 5.43. The molecule has 3 aromatic rings. The van der Waals surface area contributed by atoms with Gasteiger partial charge in [0.2, 0.25) is 0 Å². The molecule has 4 heterocycles. The van der Waals surface area contributed by atoms with Crippen LogP contribution in [0.15, 0.2) is 40.8 Å². The molecule has 4 rings (SSSR count). The van der Waals surface area contributed by atoms with Crippen LogP contribution in [0.5, 0.6) is 0 Å². The Labute approximate surface area is 166 Å². The second-order valence-corrected chi connectivity index (χ2v) is 7.20. The Morgan fingerprint density at radius 3 is 2.79 bits per heavy atom. The number of rotatable bonds is 5. The first-order valence-corrected chi connectivity index (χ1v) is 9.86. The minimum absolute atomic E-state index is 0.334. The van der Waals surface area contributed by atoms with Gasteiger partial charge < -0.3 is 10.2 Å². The van der Waals surface area contributed by atoms with Gasteiger partial charge in [-0.05, 0) is 31.4 Å². The molecule has 1 saturated heterocycles. The number of nitrogens with zero attached hydrogens (tertiary/aromatic N) is 8. The Morgan fingerprint density at radius 1 is 1.21 bits per heavy atom. The highest BCUT2D eigenvalue weighted by atomic mass is 32.1. The van der Waals surface area contributed by atoms with Crippen LogP contribution < -0.4 is 10.2 Å². The predicted molar refractivity (Wildman–Crippen MR) is 108 cm³/mol. The molecule has 3 aromatic heterocycles. The number of nitrogens with one attached hydrogen (secondary N) is 1. The molecule has 0 unspecified atom stereocenters. The van der Waals surface area contributed by atoms with E-state index in [4.69, 9.17) is 0 Å². The van der Waals surface area contributed by atoms with Crippen molar-refractivity contribution in [2.45, 2.75) is 19.3 Å². The van der Waals surface area contributed by atoms with E-state index in [1.807, 2.05) is 19.2 Å². The second-order valence-electron chi connectivity index (χ2n) is 6.24. The average molecular weight is 393 g/mol. The zero-order valence-electron chi connectivity index (χ0n) is 15.4. The molecule has 28 heavy (non-hydrogen) atoms. The van der Waals surface area contributed by atoms with Crippen LogP contribution in [0.25, 0.3) is 5.82 Å². The Balaban J connectivity index is 1.67. The van der Waals surface area contributed by atoms with Gasteiger partial charge >= 0.3 is 0 Å². The summed E-state index contributed by atoms with van der Waals surface area (Å²) in [7, 11) is 1.81. The van der Waals surface area contributed by atoms with Gasteiger partial charge in [-0.3, -0.25) is 0 Å². The highest BCUT2D eigenvalue weighted by Crippen LogP contribution is 2.39. The third-order valence-electron chi connectivity index (χ3n) is 4.43. The van der Waals surface area contributed by atoms with E-state index in [1.165, 1.54) is 41.5 Å². The summed E-state index contributed by atoms with van der Waals surface area (Å²) >= 11 is 1.49. The van der Waals surface area contributed by atoms with Crippen LogP contribution >= 0.6 is 11.3 Å². The number of thiazole rings is 1. The Hall–Kier alpha value is -3.32. The first-order valence-electron chi connectivity index (χ1n) is 9.05. The second kappa shape index (κ2) is 8.14. The van der Waals surface area contributed by atoms with Crippen molar-refractivity contribution in [3.63, 3.8) is 0 Å². The van der Waals surface area contributed by atoms with E-state index >= 15 is 0 Å². The zero-order chi connectivity index (χ0) is 19.3. The number of pyridine rings is 1. The van der Waals surface area contributed by atoms with Crippen LogP contribution in [-0.2, 0) is 0 Å². The summed E-state index contributed by atoms with van der Waals surface area (Å²) in [6.07, 6.45) is 6.76. The fourth-order valence-corrected chi connectivity index (χ4v) is 3.96. The van der Waals surface area contributed by atoms with E-state index < -0.39 is 0 Å². The summed E-state index contributed by atoms with van der Waals surface area (Å²) in [5, 5.41) is 27.0. The van der Waals surface area contributed by atoms with Crippen molar-refractivity contribution in [2.75, 3.05) is 30.4 Å². The lowest BCUT2D eigenvalue weighted by atomic mass is 10.1. The highest BCUT2D eigenvalue weighted by molar-refractivity contribution is 7.19. The fourth-order valence-electron chi connectivity index (χ4n) is 3.01. The maximum absolute atomic E-state index is 9.40. The quantitative estimate of drug-likeness (QED) is 0.655. The lowest BCUT2D eigenvalue weighted by Crippen LogP contribution is -2.29. The SMILES string of the molecule is CNc1nc(N2CCCCC2)sc1N=Nc1c(C#N)cnn1-c1ccccn1. The van der Waals surface area contributed by atoms with E-state index in [9.17, 15) is 5.26 Å². The molecule has 1 aliphatic rings. The van der Waals surface area contributed by atoms with E-state index in [2.05, 4.69) is 41.6 Å². The van der Waals surface area contributed by atoms with Gasteiger partial charge in [0.25, 0.3) is 0 Å². The number of piperidine rings is 1. The fraction of sp³-hybridized carbons (Fsp3) is 0.333. The molecule has 1 N–H and O–H groups in total. The zero-order valence-corrected chi connectivity index (χ0v) is 16.2. The molecule has 10 heteroatoms. The van der Waals surface area contributed by atoms with Gasteiger partial charge in [0.05, 0.1) is 6.20 Å². The summed E-state index contributed by atoms with van der Waals surface area (Å²) in [6, 6.07) is 7.57. The lowest BCUT2D eigenvalue weighted by molar-refractivity contribution is 0.577. The monoisotopic (exact) mass is 393 g/mol. The van der Waals surface area contributed by atoms with E-state index in [1.54, 1.807) is 12.3 Å². The van der Waals surface area contributed by atoms with Crippen LogP contribution in [0, 0.1) is 11.3 Å². The Morgan fingerprint density at radius 2 is 2.07 bits per heavy atom. The molecule has 0 aliphatic carbocycles. The van der Waals surface area contributed by atoms with E-state index in [-0.39, 0.29) is 0 Å². The summed E-state index contributed by atoms with van der Waals surface area (Å²) in [6.45, 7) is 2.02. The van der Waals surface area contributed by atoms with Gasteiger partial charge in [-0.25, -0.2) is 9.97 Å². The number of azo groups is 1. The van der Waals surface area contributed by atoms with Gasteiger partial charge in [0.15, 0.2) is 27.6 Å². The number of nitriles is 1. The van der Waals surface area contributed by atoms with Crippen molar-refractivity contribution in [2.24, 2.45) is 10.2 Å². The van der Waals surface area contributed by atoms with Crippen molar-refractivity contribution in [3.05, 3.63) is 36.2 Å². The number of aromatic nitrogens is 4. The molecule has 0 aromatic carbocycles. The summed E-state index contributed by atoms with van der Waals surface area (Å²) in [5.41, 5.74) is 0.334. The molecule has 0 atom stereocenters. The van der Waals surface area contributed by atoms with Gasteiger partial charge in [-0.1, -0.05) is 17.4 Å². The van der Waals surface area contributed by atoms with Crippen LogP contribution in [0.3, 0.4) is 0 Å². The largest absolute Gasteiger partial charge is 0.370 e. The molecular weight excluding hydrogens is 374 g/mol. The van der Waals surface area contributed by atoms with Crippen LogP contribution in [-0.4, -0.2) is 39.9 Å². The van der Waals surface area contributed by atoms with Crippen LogP contribution in [0.1, 0.15) is 24.8 Å². The number of hydrogen-bond acceptors (Lipinski definition) is 9. The third kappa shape index (κ3) is 3.57. The number of anilines is 2. The molecule has 0 spiro atoms. The van der Waals surface area contributed by atoms with E-state index in [0.29, 0.717) is 28.0 Å². The Kier molecular flexibility index (Phi) is 5.25. The summed E-state index contributed by atoms with van der Waals surface area (Å²) in [4.78, 5) is 11.2. The maximum Gasteiger partial charge on any atom is 0.197 e. The minimum atomic E-state index is 0.334. The molecule has 142 valence electrons. The van der Waals surface area contributed by atoms with Crippen molar-refractivity contribution in [3.8, 4) is 11.9 Å². The van der Waals surface area contributed by atoms with Gasteiger partial charge in [-0.15, -0.1) is 10.2 Å². The molecule has 0 amide bonds. The van der Waals surface area contributed by atoms with Crippen molar-refractivity contribution >= 4 is 33.1 Å². The lowest BCUT2D eigenvalue weighted by Gasteiger charge is -2.25. The molecule has 1 fully saturated rings. The smallest absolute Gasteiger partial charge is 0.197 e. The van der Waals surface area contributed by atoms with E-state index in [0.717, 1.165) is 18.2 Å². The van der Waals surface area contributed by atoms with Crippen molar-refractivity contribution in [1.82, 2.24) is 19.7 Å². The van der Waals surface area contributed by atoms with Gasteiger partial charge in [0, 0.05) is 26.3 Å². The standard InChI is InChI=1S/C18H19N9S/c1-20-15-17(28-18(23-15)26-9-5-2-6-10-26)25-24-16-13(11-19)12-22-27(16)14-7-3-4-8-21-14/h3-4,7-8,12,20H,2,5-6,9-10H2,1H3. The molecule has 0 bridgehead atoms. The summed E-state index contributed by atoms with van der Waals surface area (Å²) < 4.78 is 1.51. The maximum atomic E-state index is 9.40. The number of hydrogen-bond donors (Lipinski definition) is 1. The minimum Gasteiger partial charge on any atom is -0.370 e. The average Bonchev–Trinajstić information content (AvgIpc) is 3.37. The normalized spacial score (nSPS) is 14.4. The predicted octanol–water partition coefficient (Wildman–Crippen LogP) is 4.04.